The van der Waals surface area contributed by atoms with Crippen molar-refractivity contribution in [2.75, 3.05) is 10.6 Å². The molecule has 1 aromatic carbocycles. The molecule has 3 rings (SSSR count). The predicted molar refractivity (Wildman–Crippen MR) is 91.7 cm³/mol. The van der Waals surface area contributed by atoms with Crippen LogP contribution in [0.15, 0.2) is 35.8 Å². The van der Waals surface area contributed by atoms with Gasteiger partial charge in [-0.15, -0.1) is 11.3 Å². The highest BCUT2D eigenvalue weighted by Crippen LogP contribution is 2.25. The molecule has 2 amide bonds. The molecule has 0 radical (unpaired) electrons. The van der Waals surface area contributed by atoms with E-state index in [0.717, 1.165) is 25.7 Å². The molecule has 120 valence electrons. The van der Waals surface area contributed by atoms with Gasteiger partial charge in [0, 0.05) is 28.7 Å². The second-order valence-electron chi connectivity index (χ2n) is 5.70. The average Bonchev–Trinajstić information content (AvgIpc) is 3.09. The Morgan fingerprint density at radius 3 is 2.70 bits per heavy atom. The Kier molecular flexibility index (Phi) is 5.02. The molecule has 0 bridgehead atoms. The Morgan fingerprint density at radius 2 is 1.96 bits per heavy atom. The molecule has 0 spiro atoms. The maximum absolute atomic E-state index is 12.3. The minimum atomic E-state index is -0.228. The Balaban J connectivity index is 1.64. The smallest absolute Gasteiger partial charge is 0.257 e. The van der Waals surface area contributed by atoms with Crippen LogP contribution in [-0.2, 0) is 4.79 Å². The largest absolute Gasteiger partial charge is 0.326 e. The van der Waals surface area contributed by atoms with Crippen LogP contribution in [0.2, 0.25) is 0 Å². The van der Waals surface area contributed by atoms with Gasteiger partial charge in [0.05, 0.1) is 0 Å². The van der Waals surface area contributed by atoms with Crippen LogP contribution >= 0.6 is 11.3 Å². The van der Waals surface area contributed by atoms with Crippen LogP contribution in [0, 0.1) is 5.92 Å². The molecular weight excluding hydrogens is 310 g/mol. The van der Waals surface area contributed by atoms with Gasteiger partial charge in [-0.05, 0) is 31.0 Å². The molecule has 2 aromatic rings. The van der Waals surface area contributed by atoms with Crippen LogP contribution in [0.1, 0.15) is 42.5 Å². The maximum Gasteiger partial charge on any atom is 0.257 e. The van der Waals surface area contributed by atoms with E-state index in [1.807, 2.05) is 0 Å². The highest BCUT2D eigenvalue weighted by molar-refractivity contribution is 7.13. The second kappa shape index (κ2) is 7.37. The summed E-state index contributed by atoms with van der Waals surface area (Å²) in [6.07, 6.45) is 7.01. The predicted octanol–water partition coefficient (Wildman–Crippen LogP) is 3.91. The first-order chi connectivity index (χ1) is 11.2. The Bertz CT molecular complexity index is 679. The van der Waals surface area contributed by atoms with Crippen molar-refractivity contribution in [3.05, 3.63) is 41.4 Å². The van der Waals surface area contributed by atoms with Crippen molar-refractivity contribution in [1.82, 2.24) is 4.98 Å². The Hall–Kier alpha value is -2.21. The van der Waals surface area contributed by atoms with E-state index in [2.05, 4.69) is 15.6 Å². The van der Waals surface area contributed by atoms with E-state index in [1.165, 1.54) is 17.8 Å². The van der Waals surface area contributed by atoms with Crippen LogP contribution in [-0.4, -0.2) is 16.8 Å². The first kappa shape index (κ1) is 15.7. The standard InChI is InChI=1S/C17H19N3O2S/c21-15(12-5-2-1-3-6-12)19-14-8-4-7-13(11-14)16(22)20-17-18-9-10-23-17/h4,7-12H,1-3,5-6H2,(H,19,21)(H,18,20,22). The van der Waals surface area contributed by atoms with E-state index >= 15 is 0 Å². The number of hydrogen-bond donors (Lipinski definition) is 2. The molecule has 1 heterocycles. The lowest BCUT2D eigenvalue weighted by Crippen LogP contribution is -2.24. The van der Waals surface area contributed by atoms with Gasteiger partial charge in [0.2, 0.25) is 5.91 Å². The summed E-state index contributed by atoms with van der Waals surface area (Å²) in [6, 6.07) is 7.00. The number of thiazole rings is 1. The second-order valence-corrected chi connectivity index (χ2v) is 6.59. The van der Waals surface area contributed by atoms with E-state index in [9.17, 15) is 9.59 Å². The zero-order chi connectivity index (χ0) is 16.1. The summed E-state index contributed by atoms with van der Waals surface area (Å²) in [7, 11) is 0. The van der Waals surface area contributed by atoms with Gasteiger partial charge in [-0.2, -0.15) is 0 Å². The monoisotopic (exact) mass is 329 g/mol. The normalized spacial score (nSPS) is 15.1. The SMILES string of the molecule is O=C(Nc1nccs1)c1cccc(NC(=O)C2CCCCC2)c1. The summed E-state index contributed by atoms with van der Waals surface area (Å²) in [5.41, 5.74) is 1.16. The molecule has 1 aliphatic carbocycles. The first-order valence-electron chi connectivity index (χ1n) is 7.84. The van der Waals surface area contributed by atoms with E-state index < -0.39 is 0 Å². The van der Waals surface area contributed by atoms with Gasteiger partial charge in [0.25, 0.3) is 5.91 Å². The summed E-state index contributed by atoms with van der Waals surface area (Å²) in [4.78, 5) is 28.5. The van der Waals surface area contributed by atoms with E-state index in [1.54, 1.807) is 35.8 Å². The fraction of sp³-hybridized carbons (Fsp3) is 0.353. The van der Waals surface area contributed by atoms with Gasteiger partial charge in [-0.1, -0.05) is 25.3 Å². The third kappa shape index (κ3) is 4.16. The minimum Gasteiger partial charge on any atom is -0.326 e. The molecule has 1 fully saturated rings. The number of rotatable bonds is 4. The van der Waals surface area contributed by atoms with Crippen molar-refractivity contribution in [3.8, 4) is 0 Å². The summed E-state index contributed by atoms with van der Waals surface area (Å²) in [6.45, 7) is 0. The van der Waals surface area contributed by atoms with Crippen molar-refractivity contribution in [2.45, 2.75) is 32.1 Å². The molecule has 2 N–H and O–H groups in total. The van der Waals surface area contributed by atoms with Crippen LogP contribution < -0.4 is 10.6 Å². The van der Waals surface area contributed by atoms with Gasteiger partial charge >= 0.3 is 0 Å². The number of nitrogens with one attached hydrogen (secondary N) is 2. The Morgan fingerprint density at radius 1 is 1.13 bits per heavy atom. The van der Waals surface area contributed by atoms with E-state index in [-0.39, 0.29) is 17.7 Å². The van der Waals surface area contributed by atoms with Crippen molar-refractivity contribution in [2.24, 2.45) is 5.92 Å². The molecule has 6 heteroatoms. The molecule has 0 atom stereocenters. The highest BCUT2D eigenvalue weighted by atomic mass is 32.1. The molecule has 0 saturated heterocycles. The maximum atomic E-state index is 12.3. The summed E-state index contributed by atoms with van der Waals surface area (Å²) < 4.78 is 0. The summed E-state index contributed by atoms with van der Waals surface area (Å²) in [5.74, 6) is -0.0764. The van der Waals surface area contributed by atoms with Crippen LogP contribution in [0.4, 0.5) is 10.8 Å². The molecule has 0 unspecified atom stereocenters. The Labute approximate surface area is 139 Å². The highest BCUT2D eigenvalue weighted by Gasteiger charge is 2.21. The number of benzene rings is 1. The van der Waals surface area contributed by atoms with Crippen LogP contribution in [0.5, 0.6) is 0 Å². The number of hydrogen-bond acceptors (Lipinski definition) is 4. The van der Waals surface area contributed by atoms with E-state index in [0.29, 0.717) is 16.4 Å². The molecular formula is C17H19N3O2S. The van der Waals surface area contributed by atoms with Crippen molar-refractivity contribution in [1.29, 1.82) is 0 Å². The van der Waals surface area contributed by atoms with E-state index in [4.69, 9.17) is 0 Å². The van der Waals surface area contributed by atoms with Gasteiger partial charge < -0.3 is 5.32 Å². The molecule has 1 aromatic heterocycles. The number of carbonyl (C=O) groups excluding carboxylic acids is 2. The summed E-state index contributed by atoms with van der Waals surface area (Å²) >= 11 is 1.37. The third-order valence-electron chi connectivity index (χ3n) is 4.02. The van der Waals surface area contributed by atoms with Crippen molar-refractivity contribution < 1.29 is 9.59 Å². The molecule has 23 heavy (non-hydrogen) atoms. The quantitative estimate of drug-likeness (QED) is 0.893. The van der Waals surface area contributed by atoms with Crippen LogP contribution in [0.3, 0.4) is 0 Å². The van der Waals surface area contributed by atoms with Crippen LogP contribution in [0.25, 0.3) is 0 Å². The molecule has 5 nitrogen and oxygen atoms in total. The van der Waals surface area contributed by atoms with Gasteiger partial charge in [0.15, 0.2) is 5.13 Å². The molecule has 1 aliphatic rings. The fourth-order valence-corrected chi connectivity index (χ4v) is 3.33. The zero-order valence-electron chi connectivity index (χ0n) is 12.7. The minimum absolute atomic E-state index is 0.0576. The number of carbonyl (C=O) groups is 2. The van der Waals surface area contributed by atoms with Crippen molar-refractivity contribution in [3.63, 3.8) is 0 Å². The van der Waals surface area contributed by atoms with Gasteiger partial charge in [-0.25, -0.2) is 4.98 Å². The van der Waals surface area contributed by atoms with Crippen molar-refractivity contribution >= 4 is 34.0 Å². The first-order valence-corrected chi connectivity index (χ1v) is 8.72. The lowest BCUT2D eigenvalue weighted by Gasteiger charge is -2.20. The molecule has 0 aliphatic heterocycles. The lowest BCUT2D eigenvalue weighted by molar-refractivity contribution is -0.120. The number of anilines is 2. The van der Waals surface area contributed by atoms with Gasteiger partial charge in [-0.3, -0.25) is 14.9 Å². The topological polar surface area (TPSA) is 71.1 Å². The van der Waals surface area contributed by atoms with Gasteiger partial charge in [0.1, 0.15) is 0 Å². The fourth-order valence-electron chi connectivity index (χ4n) is 2.80. The number of nitrogens with zero attached hydrogens (tertiary/aromatic N) is 1. The molecule has 1 saturated carbocycles. The lowest BCUT2D eigenvalue weighted by atomic mass is 9.88. The third-order valence-corrected chi connectivity index (χ3v) is 4.71. The zero-order valence-corrected chi connectivity index (χ0v) is 13.6. The average molecular weight is 329 g/mol. The summed E-state index contributed by atoms with van der Waals surface area (Å²) in [5, 5.41) is 8.04. The number of amides is 2. The number of aromatic nitrogens is 1.